The number of aromatic nitrogens is 5. The average Bonchev–Trinajstić information content (AvgIpc) is 2.34. The van der Waals surface area contributed by atoms with Crippen molar-refractivity contribution in [2.75, 3.05) is 0 Å². The summed E-state index contributed by atoms with van der Waals surface area (Å²) in [6.07, 6.45) is 1.30. The molecule has 0 aliphatic carbocycles. The topological polar surface area (TPSA) is 76.7 Å². The van der Waals surface area contributed by atoms with Crippen molar-refractivity contribution in [2.45, 2.75) is 0 Å². The van der Waals surface area contributed by atoms with Gasteiger partial charge in [0.25, 0.3) is 0 Å². The van der Waals surface area contributed by atoms with Crippen LogP contribution in [0.2, 0.25) is 5.15 Å². The molecule has 0 aromatic rings. The van der Waals surface area contributed by atoms with E-state index in [0.29, 0.717) is 10.7 Å². The van der Waals surface area contributed by atoms with Crippen LogP contribution in [0.15, 0.2) is 6.33 Å². The molecule has 0 atom stereocenters. The third-order valence-corrected chi connectivity index (χ3v) is 1.39. The second kappa shape index (κ2) is 2.03. The maximum Gasteiger partial charge on any atom is 0.208 e. The predicted molar refractivity (Wildman–Crippen MR) is 34.4 cm³/mol. The Balaban J connectivity index is 2.79. The standard InChI is InChI=1S/C4H2ClN5O/c5-3-2-4(7-1-6-2)9-10(11)8-3/h1,11H. The zero-order valence-electron chi connectivity index (χ0n) is 5.14. The first-order valence-electron chi connectivity index (χ1n) is 2.70. The molecule has 56 valence electrons. The zero-order chi connectivity index (χ0) is 7.84. The molecule has 0 aromatic heterocycles. The Morgan fingerprint density at radius 2 is 2.18 bits per heavy atom. The van der Waals surface area contributed by atoms with Crippen LogP contribution in [-0.2, 0) is 0 Å². The second-order valence-electron chi connectivity index (χ2n) is 1.81. The lowest BCUT2D eigenvalue weighted by Gasteiger charge is -1.97. The van der Waals surface area contributed by atoms with E-state index in [1.807, 2.05) is 0 Å². The van der Waals surface area contributed by atoms with Gasteiger partial charge in [0, 0.05) is 0 Å². The fourth-order valence-electron chi connectivity index (χ4n) is 0.712. The smallest absolute Gasteiger partial charge is 0.208 e. The molecular formula is C4H2ClN5O. The SMILES string of the molecule is On1nc2ncnc-2c(Cl)n1. The quantitative estimate of drug-likeness (QED) is 0.568. The summed E-state index contributed by atoms with van der Waals surface area (Å²) in [5.41, 5.74) is 0.386. The molecule has 0 bridgehead atoms. The number of halogens is 1. The summed E-state index contributed by atoms with van der Waals surface area (Å²) in [5.74, 6) is 0.271. The van der Waals surface area contributed by atoms with Crippen molar-refractivity contribution < 1.29 is 5.21 Å². The zero-order valence-corrected chi connectivity index (χ0v) is 5.89. The first-order chi connectivity index (χ1) is 5.27. The summed E-state index contributed by atoms with van der Waals surface area (Å²) < 4.78 is 0. The van der Waals surface area contributed by atoms with Crippen molar-refractivity contribution in [3.05, 3.63) is 11.5 Å². The molecule has 2 heterocycles. The van der Waals surface area contributed by atoms with E-state index in [1.54, 1.807) is 0 Å². The molecule has 0 saturated heterocycles. The molecule has 2 rings (SSSR count). The van der Waals surface area contributed by atoms with Crippen molar-refractivity contribution in [1.29, 1.82) is 0 Å². The minimum atomic E-state index is 0.0787. The van der Waals surface area contributed by atoms with Crippen LogP contribution in [-0.4, -0.2) is 30.3 Å². The van der Waals surface area contributed by atoms with E-state index in [4.69, 9.17) is 16.8 Å². The summed E-state index contributed by atoms with van der Waals surface area (Å²) in [7, 11) is 0. The Hall–Kier alpha value is -1.43. The molecule has 0 aromatic carbocycles. The average molecular weight is 172 g/mol. The number of fused-ring (bicyclic) bond motifs is 1. The highest BCUT2D eigenvalue weighted by atomic mass is 35.5. The first-order valence-corrected chi connectivity index (χ1v) is 3.08. The van der Waals surface area contributed by atoms with Crippen LogP contribution in [0.3, 0.4) is 0 Å². The molecule has 0 unspecified atom stereocenters. The third kappa shape index (κ3) is 0.874. The number of imidazole rings is 1. The summed E-state index contributed by atoms with van der Waals surface area (Å²) in [6.45, 7) is 0. The molecule has 0 saturated carbocycles. The van der Waals surface area contributed by atoms with E-state index in [-0.39, 0.29) is 11.0 Å². The minimum absolute atomic E-state index is 0.0787. The lowest BCUT2D eigenvalue weighted by atomic mass is 10.5. The van der Waals surface area contributed by atoms with Gasteiger partial charge >= 0.3 is 0 Å². The molecule has 2 aliphatic heterocycles. The van der Waals surface area contributed by atoms with Crippen LogP contribution in [0, 0.1) is 0 Å². The van der Waals surface area contributed by atoms with Crippen LogP contribution in [0.5, 0.6) is 0 Å². The Labute approximate surface area is 65.8 Å². The van der Waals surface area contributed by atoms with E-state index < -0.39 is 0 Å². The first kappa shape index (κ1) is 6.29. The Morgan fingerprint density at radius 1 is 1.36 bits per heavy atom. The molecule has 0 spiro atoms. The largest absolute Gasteiger partial charge is 0.396 e. The van der Waals surface area contributed by atoms with Crippen molar-refractivity contribution in [2.24, 2.45) is 0 Å². The summed E-state index contributed by atoms with van der Waals surface area (Å²) in [4.78, 5) is 7.84. The van der Waals surface area contributed by atoms with E-state index in [1.165, 1.54) is 6.33 Å². The van der Waals surface area contributed by atoms with Gasteiger partial charge in [-0.25, -0.2) is 9.97 Å². The van der Waals surface area contributed by atoms with E-state index in [2.05, 4.69) is 20.2 Å². The van der Waals surface area contributed by atoms with E-state index in [0.717, 1.165) is 0 Å². The fraction of sp³-hybridized carbons (Fsp3) is 0. The van der Waals surface area contributed by atoms with Gasteiger partial charge < -0.3 is 5.21 Å². The summed E-state index contributed by atoms with van der Waals surface area (Å²) >= 11 is 5.57. The molecule has 7 heteroatoms. The van der Waals surface area contributed by atoms with Gasteiger partial charge in [-0.15, -0.1) is 5.10 Å². The highest BCUT2D eigenvalue weighted by molar-refractivity contribution is 6.31. The van der Waals surface area contributed by atoms with Crippen LogP contribution in [0.1, 0.15) is 0 Å². The molecule has 0 fully saturated rings. The molecule has 6 nitrogen and oxygen atoms in total. The van der Waals surface area contributed by atoms with Crippen molar-refractivity contribution in [1.82, 2.24) is 25.1 Å². The summed E-state index contributed by atoms with van der Waals surface area (Å²) in [6, 6.07) is 0. The number of rotatable bonds is 0. The van der Waals surface area contributed by atoms with Gasteiger partial charge in [0.2, 0.25) is 5.82 Å². The van der Waals surface area contributed by atoms with Crippen LogP contribution < -0.4 is 0 Å². The number of hydrogen-bond acceptors (Lipinski definition) is 5. The van der Waals surface area contributed by atoms with Crippen LogP contribution in [0.4, 0.5) is 0 Å². The normalized spacial score (nSPS) is 10.6. The molecule has 0 radical (unpaired) electrons. The van der Waals surface area contributed by atoms with Crippen LogP contribution >= 0.6 is 11.6 Å². The van der Waals surface area contributed by atoms with Crippen molar-refractivity contribution in [3.8, 4) is 11.5 Å². The minimum Gasteiger partial charge on any atom is -0.396 e. The van der Waals surface area contributed by atoms with E-state index in [9.17, 15) is 0 Å². The third-order valence-electron chi connectivity index (χ3n) is 1.14. The predicted octanol–water partition coefficient (Wildman–Crippen LogP) is 0.0636. The van der Waals surface area contributed by atoms with Gasteiger partial charge in [0.1, 0.15) is 6.33 Å². The van der Waals surface area contributed by atoms with Crippen molar-refractivity contribution >= 4 is 11.6 Å². The Bertz CT molecular complexity index is 360. The number of nitrogens with zero attached hydrogens (tertiary/aromatic N) is 5. The monoisotopic (exact) mass is 171 g/mol. The summed E-state index contributed by atoms with van der Waals surface area (Å²) in [5, 5.41) is 15.7. The van der Waals surface area contributed by atoms with Gasteiger partial charge in [0.05, 0.1) is 0 Å². The second-order valence-corrected chi connectivity index (χ2v) is 2.16. The van der Waals surface area contributed by atoms with Gasteiger partial charge in [-0.2, -0.15) is 0 Å². The van der Waals surface area contributed by atoms with Gasteiger partial charge in [-0.05, 0) is 4.96 Å². The molecular weight excluding hydrogens is 170 g/mol. The maximum absolute atomic E-state index is 8.77. The van der Waals surface area contributed by atoms with Crippen molar-refractivity contribution in [3.63, 3.8) is 0 Å². The molecule has 11 heavy (non-hydrogen) atoms. The Kier molecular flexibility index (Phi) is 1.16. The van der Waals surface area contributed by atoms with Gasteiger partial charge in [-0.1, -0.05) is 16.7 Å². The maximum atomic E-state index is 8.77. The fourth-order valence-corrected chi connectivity index (χ4v) is 0.913. The highest BCUT2D eigenvalue weighted by Crippen LogP contribution is 2.19. The number of hydrogen-bond donors (Lipinski definition) is 1. The van der Waals surface area contributed by atoms with Gasteiger partial charge in [-0.3, -0.25) is 0 Å². The Morgan fingerprint density at radius 3 is 3.00 bits per heavy atom. The molecule has 2 aliphatic rings. The van der Waals surface area contributed by atoms with Crippen LogP contribution in [0.25, 0.3) is 11.5 Å². The lowest BCUT2D eigenvalue weighted by Crippen LogP contribution is -2.06. The van der Waals surface area contributed by atoms with Gasteiger partial charge in [0.15, 0.2) is 10.8 Å². The lowest BCUT2D eigenvalue weighted by molar-refractivity contribution is 0.103. The highest BCUT2D eigenvalue weighted by Gasteiger charge is 2.13. The van der Waals surface area contributed by atoms with E-state index >= 15 is 0 Å². The molecule has 1 N–H and O–H groups in total. The molecule has 0 amide bonds.